The van der Waals surface area contributed by atoms with E-state index in [0.717, 1.165) is 34.7 Å². The molecular weight excluding hydrogens is 198 g/mol. The quantitative estimate of drug-likeness (QED) is 0.816. The molecule has 1 aliphatic rings. The molecule has 0 amide bonds. The van der Waals surface area contributed by atoms with Gasteiger partial charge in [0.05, 0.1) is 7.11 Å². The first-order chi connectivity index (χ1) is 6.58. The summed E-state index contributed by atoms with van der Waals surface area (Å²) in [5, 5.41) is 0.762. The zero-order valence-corrected chi connectivity index (χ0v) is 9.19. The molecule has 0 heterocycles. The molecule has 0 saturated heterocycles. The minimum Gasteiger partial charge on any atom is -0.496 e. The van der Waals surface area contributed by atoms with E-state index in [9.17, 15) is 0 Å². The summed E-state index contributed by atoms with van der Waals surface area (Å²) < 4.78 is 5.31. The van der Waals surface area contributed by atoms with Crippen molar-refractivity contribution in [3.63, 3.8) is 0 Å². The van der Waals surface area contributed by atoms with Crippen LogP contribution in [0.25, 0.3) is 0 Å². The van der Waals surface area contributed by atoms with E-state index in [2.05, 4.69) is 0 Å². The van der Waals surface area contributed by atoms with Crippen molar-refractivity contribution in [3.05, 3.63) is 28.3 Å². The molecule has 0 atom stereocenters. The molecule has 0 spiro atoms. The lowest BCUT2D eigenvalue weighted by Crippen LogP contribution is -2.21. The van der Waals surface area contributed by atoms with Crippen LogP contribution in [0.15, 0.2) is 12.1 Å². The van der Waals surface area contributed by atoms with E-state index in [0.29, 0.717) is 0 Å². The van der Waals surface area contributed by atoms with Crippen LogP contribution in [0, 0.1) is 6.92 Å². The molecular formula is C11H14ClNO. The predicted octanol–water partition coefficient (Wildman–Crippen LogP) is 2.60. The van der Waals surface area contributed by atoms with Crippen molar-refractivity contribution in [1.29, 1.82) is 0 Å². The Morgan fingerprint density at radius 3 is 2.57 bits per heavy atom. The zero-order valence-electron chi connectivity index (χ0n) is 8.43. The van der Waals surface area contributed by atoms with Crippen LogP contribution in [0.2, 0.25) is 5.02 Å². The van der Waals surface area contributed by atoms with Crippen molar-refractivity contribution >= 4 is 11.6 Å². The maximum absolute atomic E-state index is 6.18. The molecule has 2 N–H and O–H groups in total. The van der Waals surface area contributed by atoms with Gasteiger partial charge in [0.15, 0.2) is 0 Å². The van der Waals surface area contributed by atoms with Crippen LogP contribution >= 0.6 is 11.6 Å². The lowest BCUT2D eigenvalue weighted by atomic mass is 9.99. The molecule has 1 fully saturated rings. The van der Waals surface area contributed by atoms with Gasteiger partial charge in [-0.3, -0.25) is 0 Å². The summed E-state index contributed by atoms with van der Waals surface area (Å²) in [6.45, 7) is 1.99. The van der Waals surface area contributed by atoms with E-state index in [-0.39, 0.29) is 5.54 Å². The summed E-state index contributed by atoms with van der Waals surface area (Å²) >= 11 is 6.07. The number of benzene rings is 1. The van der Waals surface area contributed by atoms with Crippen LogP contribution in [-0.4, -0.2) is 7.11 Å². The number of methoxy groups -OCH3 is 1. The fourth-order valence-electron chi connectivity index (χ4n) is 1.83. The lowest BCUT2D eigenvalue weighted by Gasteiger charge is -2.17. The van der Waals surface area contributed by atoms with Gasteiger partial charge in [0.2, 0.25) is 0 Å². The van der Waals surface area contributed by atoms with Gasteiger partial charge in [-0.25, -0.2) is 0 Å². The number of rotatable bonds is 2. The Bertz CT molecular complexity index is 372. The molecule has 0 radical (unpaired) electrons. The standard InChI is InChI=1S/C11H14ClNO/c1-7-8(12)3-4-9(14-2)10(7)11(13)5-6-11/h3-4H,5-6,13H2,1-2H3. The van der Waals surface area contributed by atoms with E-state index < -0.39 is 0 Å². The molecule has 0 aliphatic heterocycles. The Balaban J connectivity index is 2.59. The van der Waals surface area contributed by atoms with Crippen molar-refractivity contribution in [2.45, 2.75) is 25.3 Å². The van der Waals surface area contributed by atoms with Crippen LogP contribution in [0.1, 0.15) is 24.0 Å². The molecule has 0 aromatic heterocycles. The second kappa shape index (κ2) is 3.14. The average molecular weight is 212 g/mol. The lowest BCUT2D eigenvalue weighted by molar-refractivity contribution is 0.404. The van der Waals surface area contributed by atoms with E-state index in [4.69, 9.17) is 22.1 Å². The first-order valence-electron chi connectivity index (χ1n) is 4.71. The molecule has 1 aromatic rings. The second-order valence-corrected chi connectivity index (χ2v) is 4.31. The highest BCUT2D eigenvalue weighted by molar-refractivity contribution is 6.31. The third-order valence-electron chi connectivity index (χ3n) is 2.87. The zero-order chi connectivity index (χ0) is 10.3. The number of nitrogens with two attached hydrogens (primary N) is 1. The van der Waals surface area contributed by atoms with Crippen LogP contribution in [0.3, 0.4) is 0 Å². The molecule has 1 aromatic carbocycles. The topological polar surface area (TPSA) is 35.2 Å². The van der Waals surface area contributed by atoms with Crippen LogP contribution in [-0.2, 0) is 5.54 Å². The molecule has 14 heavy (non-hydrogen) atoms. The molecule has 2 nitrogen and oxygen atoms in total. The Kier molecular flexibility index (Phi) is 2.20. The highest BCUT2D eigenvalue weighted by atomic mass is 35.5. The Morgan fingerprint density at radius 1 is 1.43 bits per heavy atom. The van der Waals surface area contributed by atoms with E-state index in [1.807, 2.05) is 19.1 Å². The highest BCUT2D eigenvalue weighted by Gasteiger charge is 2.43. The summed E-state index contributed by atoms with van der Waals surface area (Å²) in [6.07, 6.45) is 2.04. The molecule has 3 heteroatoms. The van der Waals surface area contributed by atoms with E-state index in [1.165, 1.54) is 0 Å². The summed E-state index contributed by atoms with van der Waals surface area (Å²) in [6, 6.07) is 3.74. The largest absolute Gasteiger partial charge is 0.496 e. The highest BCUT2D eigenvalue weighted by Crippen LogP contribution is 2.49. The average Bonchev–Trinajstić information content (AvgIpc) is 2.89. The van der Waals surface area contributed by atoms with Crippen LogP contribution in [0.5, 0.6) is 5.75 Å². The van der Waals surface area contributed by atoms with Gasteiger partial charge in [0, 0.05) is 16.1 Å². The third-order valence-corrected chi connectivity index (χ3v) is 3.28. The molecule has 76 valence electrons. The van der Waals surface area contributed by atoms with Gasteiger partial charge in [-0.2, -0.15) is 0 Å². The van der Waals surface area contributed by atoms with Gasteiger partial charge < -0.3 is 10.5 Å². The van der Waals surface area contributed by atoms with Crippen molar-refractivity contribution in [1.82, 2.24) is 0 Å². The number of hydrogen-bond acceptors (Lipinski definition) is 2. The Hall–Kier alpha value is -0.730. The van der Waals surface area contributed by atoms with E-state index in [1.54, 1.807) is 7.11 Å². The fraction of sp³-hybridized carbons (Fsp3) is 0.455. The fourth-order valence-corrected chi connectivity index (χ4v) is 1.99. The van der Waals surface area contributed by atoms with Gasteiger partial charge in [-0.05, 0) is 37.5 Å². The van der Waals surface area contributed by atoms with Gasteiger partial charge in [-0.15, -0.1) is 0 Å². The van der Waals surface area contributed by atoms with Crippen molar-refractivity contribution in [2.75, 3.05) is 7.11 Å². The SMILES string of the molecule is COc1ccc(Cl)c(C)c1C1(N)CC1. The van der Waals surface area contributed by atoms with Crippen LogP contribution in [0.4, 0.5) is 0 Å². The van der Waals surface area contributed by atoms with Gasteiger partial charge >= 0.3 is 0 Å². The van der Waals surface area contributed by atoms with Gasteiger partial charge in [-0.1, -0.05) is 11.6 Å². The molecule has 2 rings (SSSR count). The summed E-state index contributed by atoms with van der Waals surface area (Å²) in [5.74, 6) is 0.854. The molecule has 1 aliphatic carbocycles. The number of halogens is 1. The second-order valence-electron chi connectivity index (χ2n) is 3.91. The minimum atomic E-state index is -0.194. The third kappa shape index (κ3) is 1.39. The summed E-state index contributed by atoms with van der Waals surface area (Å²) in [7, 11) is 1.66. The van der Waals surface area contributed by atoms with Gasteiger partial charge in [0.1, 0.15) is 5.75 Å². The van der Waals surface area contributed by atoms with Crippen molar-refractivity contribution in [2.24, 2.45) is 5.73 Å². The smallest absolute Gasteiger partial charge is 0.124 e. The maximum Gasteiger partial charge on any atom is 0.124 e. The first kappa shape index (κ1) is 9.81. The Labute approximate surface area is 89.0 Å². The summed E-state index contributed by atoms with van der Waals surface area (Å²) in [4.78, 5) is 0. The van der Waals surface area contributed by atoms with Crippen LogP contribution < -0.4 is 10.5 Å². The van der Waals surface area contributed by atoms with Crippen molar-refractivity contribution < 1.29 is 4.74 Å². The molecule has 0 unspecified atom stereocenters. The number of ether oxygens (including phenoxy) is 1. The molecule has 1 saturated carbocycles. The van der Waals surface area contributed by atoms with E-state index >= 15 is 0 Å². The first-order valence-corrected chi connectivity index (χ1v) is 5.09. The monoisotopic (exact) mass is 211 g/mol. The normalized spacial score (nSPS) is 18.0. The predicted molar refractivity (Wildman–Crippen MR) is 57.8 cm³/mol. The van der Waals surface area contributed by atoms with Crippen molar-refractivity contribution in [3.8, 4) is 5.75 Å². The van der Waals surface area contributed by atoms with Gasteiger partial charge in [0.25, 0.3) is 0 Å². The summed E-state index contributed by atoms with van der Waals surface area (Å²) in [5.41, 5.74) is 8.10. The molecule has 0 bridgehead atoms. The maximum atomic E-state index is 6.18. The Morgan fingerprint density at radius 2 is 2.07 bits per heavy atom. The number of hydrogen-bond donors (Lipinski definition) is 1. The minimum absolute atomic E-state index is 0.194.